The molecule has 156 valence electrons. The van der Waals surface area contributed by atoms with E-state index in [2.05, 4.69) is 27.9 Å². The molecule has 3 heterocycles. The van der Waals surface area contributed by atoms with Crippen LogP contribution in [0.3, 0.4) is 0 Å². The average Bonchev–Trinajstić information content (AvgIpc) is 3.28. The summed E-state index contributed by atoms with van der Waals surface area (Å²) in [4.78, 5) is 26.1. The number of rotatable bonds is 6. The zero-order valence-corrected chi connectivity index (χ0v) is 17.9. The molecule has 0 unspecified atom stereocenters. The normalized spacial score (nSPS) is 14.6. The predicted molar refractivity (Wildman–Crippen MR) is 118 cm³/mol. The average molecular weight is 423 g/mol. The lowest BCUT2D eigenvalue weighted by Crippen LogP contribution is -2.40. The number of thioether (sulfide) groups is 1. The smallest absolute Gasteiger partial charge is 0.410 e. The number of hydrogen-bond acceptors (Lipinski definition) is 5. The summed E-state index contributed by atoms with van der Waals surface area (Å²) in [5, 5.41) is 0.957. The van der Waals surface area contributed by atoms with Crippen LogP contribution in [-0.2, 0) is 6.42 Å². The monoisotopic (exact) mass is 422 g/mol. The van der Waals surface area contributed by atoms with E-state index in [0.717, 1.165) is 54.5 Å². The maximum atomic E-state index is 12.5. The van der Waals surface area contributed by atoms with Crippen LogP contribution in [-0.4, -0.2) is 44.8 Å². The van der Waals surface area contributed by atoms with Gasteiger partial charge in [-0.05, 0) is 61.1 Å². The molecule has 2 aromatic heterocycles. The Morgan fingerprint density at radius 3 is 2.67 bits per heavy atom. The molecule has 1 aliphatic rings. The van der Waals surface area contributed by atoms with Gasteiger partial charge in [0.05, 0.1) is 0 Å². The Hall–Kier alpha value is -2.80. The number of likely N-dealkylation sites (tertiary alicyclic amines) is 1. The van der Waals surface area contributed by atoms with Crippen molar-refractivity contribution in [3.05, 3.63) is 71.8 Å². The second-order valence-corrected chi connectivity index (χ2v) is 8.66. The minimum absolute atomic E-state index is 0.264. The molecule has 0 bridgehead atoms. The largest absolute Gasteiger partial charge is 0.415 e. The number of ether oxygens (including phenoxy) is 1. The lowest BCUT2D eigenvalue weighted by atomic mass is 9.99. The second kappa shape index (κ2) is 9.80. The summed E-state index contributed by atoms with van der Waals surface area (Å²) in [6.45, 7) is 3.53. The first kappa shape index (κ1) is 20.5. The van der Waals surface area contributed by atoms with E-state index in [1.807, 2.05) is 42.7 Å². The topological polar surface area (TPSA) is 71.1 Å². The number of H-pyrrole nitrogens is 1. The summed E-state index contributed by atoms with van der Waals surface area (Å²) in [6.07, 6.45) is 7.93. The number of pyridine rings is 1. The maximum absolute atomic E-state index is 12.5. The Kier molecular flexibility index (Phi) is 6.69. The highest BCUT2D eigenvalue weighted by atomic mass is 32.2. The van der Waals surface area contributed by atoms with Crippen molar-refractivity contribution in [3.63, 3.8) is 0 Å². The van der Waals surface area contributed by atoms with E-state index in [4.69, 9.17) is 4.74 Å². The first-order valence-corrected chi connectivity index (χ1v) is 11.2. The van der Waals surface area contributed by atoms with E-state index < -0.39 is 0 Å². The summed E-state index contributed by atoms with van der Waals surface area (Å²) in [7, 11) is 0. The van der Waals surface area contributed by atoms with Gasteiger partial charge in [-0.15, -0.1) is 0 Å². The molecular formula is C23H26N4O2S. The van der Waals surface area contributed by atoms with Gasteiger partial charge in [-0.2, -0.15) is 0 Å². The van der Waals surface area contributed by atoms with Crippen LogP contribution in [0.4, 0.5) is 4.79 Å². The Balaban J connectivity index is 1.23. The van der Waals surface area contributed by atoms with Crippen molar-refractivity contribution < 1.29 is 9.53 Å². The molecule has 1 aromatic carbocycles. The highest BCUT2D eigenvalue weighted by molar-refractivity contribution is 7.99. The standard InChI is InChI=1S/C23H26N4O2S/c1-17-6-9-24-20(14-17)15-18-2-4-21(5-3-18)29-23(28)27-12-7-19(8-13-27)16-30-22-25-10-11-26-22/h2-6,9-11,14,19H,7-8,12-13,15-16H2,1H3,(H,25,26). The van der Waals surface area contributed by atoms with E-state index in [1.165, 1.54) is 5.56 Å². The van der Waals surface area contributed by atoms with Gasteiger partial charge >= 0.3 is 6.09 Å². The number of nitrogens with zero attached hydrogens (tertiary/aromatic N) is 3. The van der Waals surface area contributed by atoms with Crippen molar-refractivity contribution in [2.45, 2.75) is 31.3 Å². The first-order valence-electron chi connectivity index (χ1n) is 10.2. The highest BCUT2D eigenvalue weighted by Crippen LogP contribution is 2.25. The third-order valence-electron chi connectivity index (χ3n) is 5.29. The maximum Gasteiger partial charge on any atom is 0.415 e. The number of imidazole rings is 1. The van der Waals surface area contributed by atoms with Crippen molar-refractivity contribution in [2.75, 3.05) is 18.8 Å². The molecule has 1 N–H and O–H groups in total. The van der Waals surface area contributed by atoms with Gasteiger partial charge in [0.25, 0.3) is 0 Å². The zero-order valence-electron chi connectivity index (χ0n) is 17.1. The van der Waals surface area contributed by atoms with Gasteiger partial charge in [0, 0.05) is 49.5 Å². The minimum Gasteiger partial charge on any atom is -0.410 e. The Labute approximate surface area is 181 Å². The third kappa shape index (κ3) is 5.63. The van der Waals surface area contributed by atoms with Crippen LogP contribution in [0.15, 0.2) is 60.1 Å². The van der Waals surface area contributed by atoms with Crippen LogP contribution in [0, 0.1) is 12.8 Å². The van der Waals surface area contributed by atoms with Crippen LogP contribution in [0.25, 0.3) is 0 Å². The van der Waals surface area contributed by atoms with Crippen LogP contribution < -0.4 is 4.74 Å². The van der Waals surface area contributed by atoms with E-state index >= 15 is 0 Å². The summed E-state index contributed by atoms with van der Waals surface area (Å²) < 4.78 is 5.58. The fraction of sp³-hybridized carbons (Fsp3) is 0.348. The minimum atomic E-state index is -0.264. The molecule has 7 heteroatoms. The van der Waals surface area contributed by atoms with Crippen LogP contribution in [0.2, 0.25) is 0 Å². The van der Waals surface area contributed by atoms with Gasteiger partial charge in [0.15, 0.2) is 5.16 Å². The molecule has 0 saturated carbocycles. The molecule has 30 heavy (non-hydrogen) atoms. The van der Waals surface area contributed by atoms with Crippen molar-refractivity contribution >= 4 is 17.9 Å². The number of aromatic nitrogens is 3. The molecular weight excluding hydrogens is 396 g/mol. The molecule has 4 rings (SSSR count). The van der Waals surface area contributed by atoms with E-state index in [-0.39, 0.29) is 6.09 Å². The van der Waals surface area contributed by atoms with Crippen molar-refractivity contribution in [2.24, 2.45) is 5.92 Å². The lowest BCUT2D eigenvalue weighted by molar-refractivity contribution is 0.134. The van der Waals surface area contributed by atoms with Crippen molar-refractivity contribution in [1.82, 2.24) is 19.9 Å². The van der Waals surface area contributed by atoms with Gasteiger partial charge < -0.3 is 14.6 Å². The molecule has 6 nitrogen and oxygen atoms in total. The van der Waals surface area contributed by atoms with Gasteiger partial charge in [-0.1, -0.05) is 23.9 Å². The number of nitrogens with one attached hydrogen (secondary N) is 1. The molecule has 1 saturated heterocycles. The van der Waals surface area contributed by atoms with E-state index in [1.54, 1.807) is 22.9 Å². The van der Waals surface area contributed by atoms with Crippen molar-refractivity contribution in [3.8, 4) is 5.75 Å². The zero-order chi connectivity index (χ0) is 20.8. The Bertz CT molecular complexity index is 952. The van der Waals surface area contributed by atoms with Crippen LogP contribution in [0.5, 0.6) is 5.75 Å². The molecule has 0 spiro atoms. The number of piperidine rings is 1. The SMILES string of the molecule is Cc1ccnc(Cc2ccc(OC(=O)N3CCC(CSc4ncc[nH]4)CC3)cc2)c1. The lowest BCUT2D eigenvalue weighted by Gasteiger charge is -2.30. The highest BCUT2D eigenvalue weighted by Gasteiger charge is 2.24. The first-order chi connectivity index (χ1) is 14.7. The molecule has 0 aliphatic carbocycles. The summed E-state index contributed by atoms with van der Waals surface area (Å²) in [6, 6.07) is 11.8. The molecule has 3 aromatic rings. The van der Waals surface area contributed by atoms with Gasteiger partial charge in [-0.3, -0.25) is 4.98 Å². The number of benzene rings is 1. The number of carbonyl (C=O) groups is 1. The van der Waals surface area contributed by atoms with Gasteiger partial charge in [-0.25, -0.2) is 9.78 Å². The number of hydrogen-bond donors (Lipinski definition) is 1. The third-order valence-corrected chi connectivity index (χ3v) is 6.42. The molecule has 0 atom stereocenters. The summed E-state index contributed by atoms with van der Waals surface area (Å²) in [5.41, 5.74) is 3.38. The van der Waals surface area contributed by atoms with Crippen LogP contribution >= 0.6 is 11.8 Å². The number of aromatic amines is 1. The van der Waals surface area contributed by atoms with Gasteiger partial charge in [0.2, 0.25) is 0 Å². The quantitative estimate of drug-likeness (QED) is 0.583. The van der Waals surface area contributed by atoms with Gasteiger partial charge in [0.1, 0.15) is 5.75 Å². The fourth-order valence-corrected chi connectivity index (χ4v) is 4.57. The Morgan fingerprint density at radius 1 is 1.17 bits per heavy atom. The van der Waals surface area contributed by atoms with E-state index in [0.29, 0.717) is 11.7 Å². The second-order valence-electron chi connectivity index (χ2n) is 7.65. The molecule has 1 amide bonds. The van der Waals surface area contributed by atoms with Crippen LogP contribution in [0.1, 0.15) is 29.7 Å². The van der Waals surface area contributed by atoms with Crippen molar-refractivity contribution in [1.29, 1.82) is 0 Å². The van der Waals surface area contributed by atoms with E-state index in [9.17, 15) is 4.79 Å². The molecule has 1 aliphatic heterocycles. The summed E-state index contributed by atoms with van der Waals surface area (Å²) >= 11 is 1.74. The fourth-order valence-electron chi connectivity index (χ4n) is 3.55. The summed E-state index contributed by atoms with van der Waals surface area (Å²) in [5.74, 6) is 2.20. The number of aryl methyl sites for hydroxylation is 1. The predicted octanol–water partition coefficient (Wildman–Crippen LogP) is 4.71. The molecule has 0 radical (unpaired) electrons. The number of amides is 1. The Morgan fingerprint density at radius 2 is 1.97 bits per heavy atom. The molecule has 1 fully saturated rings. The number of carbonyl (C=O) groups excluding carboxylic acids is 1.